The molecule has 0 bridgehead atoms. The Kier molecular flexibility index (Phi) is 6.45. The Bertz CT molecular complexity index is 619. The molecule has 1 atom stereocenters. The molecule has 5 heteroatoms. The summed E-state index contributed by atoms with van der Waals surface area (Å²) in [5.74, 6) is -0.162. The van der Waals surface area contributed by atoms with Gasteiger partial charge in [-0.15, -0.1) is 0 Å². The molecule has 0 saturated carbocycles. The van der Waals surface area contributed by atoms with Gasteiger partial charge in [-0.2, -0.15) is 0 Å². The third-order valence-corrected chi connectivity index (χ3v) is 4.14. The molecule has 0 aromatic heterocycles. The summed E-state index contributed by atoms with van der Waals surface area (Å²) >= 11 is 0. The Balaban J connectivity index is 1.93. The van der Waals surface area contributed by atoms with Crippen LogP contribution in [0.4, 0.5) is 4.79 Å². The van der Waals surface area contributed by atoms with Crippen molar-refractivity contribution in [3.63, 3.8) is 0 Å². The van der Waals surface area contributed by atoms with E-state index in [1.54, 1.807) is 0 Å². The lowest BCUT2D eigenvalue weighted by atomic mass is 9.86. The number of rotatable bonds is 5. The van der Waals surface area contributed by atoms with E-state index in [0.717, 1.165) is 24.8 Å². The van der Waals surface area contributed by atoms with E-state index in [1.807, 2.05) is 27.7 Å². The highest BCUT2D eigenvalue weighted by Gasteiger charge is 2.23. The van der Waals surface area contributed by atoms with Crippen molar-refractivity contribution in [3.05, 3.63) is 34.9 Å². The van der Waals surface area contributed by atoms with Gasteiger partial charge < -0.3 is 14.8 Å². The number of hydrogen-bond acceptors (Lipinski definition) is 4. The predicted octanol–water partition coefficient (Wildman–Crippen LogP) is 3.56. The van der Waals surface area contributed by atoms with Gasteiger partial charge in [-0.1, -0.05) is 18.2 Å². The van der Waals surface area contributed by atoms with Gasteiger partial charge in [0.25, 0.3) is 0 Å². The first-order valence-corrected chi connectivity index (χ1v) is 9.02. The molecule has 0 unspecified atom stereocenters. The number of nitrogens with one attached hydrogen (secondary N) is 1. The molecule has 0 radical (unpaired) electrons. The number of alkyl carbamates (subject to hydrolysis) is 1. The molecule has 1 aliphatic carbocycles. The van der Waals surface area contributed by atoms with Crippen molar-refractivity contribution in [2.24, 2.45) is 0 Å². The summed E-state index contributed by atoms with van der Waals surface area (Å²) in [5, 5.41) is 2.97. The van der Waals surface area contributed by atoms with Crippen molar-refractivity contribution in [2.75, 3.05) is 6.61 Å². The first-order valence-electron chi connectivity index (χ1n) is 9.02. The van der Waals surface area contributed by atoms with Gasteiger partial charge in [0.1, 0.15) is 5.60 Å². The molecule has 1 aliphatic rings. The second-order valence-corrected chi connectivity index (χ2v) is 7.49. The second kappa shape index (κ2) is 8.37. The average Bonchev–Trinajstić information content (AvgIpc) is 2.51. The van der Waals surface area contributed by atoms with Gasteiger partial charge in [-0.25, -0.2) is 4.79 Å². The molecule has 138 valence electrons. The fourth-order valence-corrected chi connectivity index (χ4v) is 3.04. The van der Waals surface area contributed by atoms with Crippen LogP contribution in [0, 0.1) is 0 Å². The van der Waals surface area contributed by atoms with Gasteiger partial charge in [0.2, 0.25) is 0 Å². The van der Waals surface area contributed by atoms with Crippen molar-refractivity contribution in [1.29, 1.82) is 0 Å². The first kappa shape index (κ1) is 19.3. The zero-order valence-electron chi connectivity index (χ0n) is 15.7. The number of aryl methyl sites for hydroxylation is 2. The number of ether oxygens (including phenoxy) is 2. The molecule has 25 heavy (non-hydrogen) atoms. The zero-order valence-corrected chi connectivity index (χ0v) is 15.7. The van der Waals surface area contributed by atoms with Gasteiger partial charge in [0.15, 0.2) is 0 Å². The fraction of sp³-hybridized carbons (Fsp3) is 0.600. The Morgan fingerprint density at radius 1 is 1.24 bits per heavy atom. The highest BCUT2D eigenvalue weighted by molar-refractivity contribution is 5.69. The summed E-state index contributed by atoms with van der Waals surface area (Å²) in [5.41, 5.74) is 3.21. The standard InChI is InChI=1S/C20H29NO4/c1-5-24-18(22)11-7-14-6-8-15-9-10-17(13-16(15)12-14)21-19(23)25-20(2,3)4/h6,8,12,17H,5,7,9-11,13H2,1-4H3,(H,21,23)/t17-/m1/s1. The van der Waals surface area contributed by atoms with Gasteiger partial charge in [0, 0.05) is 12.5 Å². The number of fused-ring (bicyclic) bond motifs is 1. The fourth-order valence-electron chi connectivity index (χ4n) is 3.04. The Hall–Kier alpha value is -2.04. The molecule has 2 rings (SSSR count). The van der Waals surface area contributed by atoms with Crippen LogP contribution in [0.5, 0.6) is 0 Å². The van der Waals surface area contributed by atoms with Crippen LogP contribution < -0.4 is 5.32 Å². The smallest absolute Gasteiger partial charge is 0.407 e. The Morgan fingerprint density at radius 2 is 2.00 bits per heavy atom. The molecule has 1 N–H and O–H groups in total. The topological polar surface area (TPSA) is 64.6 Å². The average molecular weight is 347 g/mol. The second-order valence-electron chi connectivity index (χ2n) is 7.49. The Labute approximate surface area is 150 Å². The van der Waals surface area contributed by atoms with E-state index in [-0.39, 0.29) is 18.1 Å². The summed E-state index contributed by atoms with van der Waals surface area (Å²) < 4.78 is 10.3. The lowest BCUT2D eigenvalue weighted by molar-refractivity contribution is -0.143. The van der Waals surface area contributed by atoms with Gasteiger partial charge in [-0.05, 0) is 70.1 Å². The molecule has 1 amide bonds. The lowest BCUT2D eigenvalue weighted by Gasteiger charge is -2.27. The summed E-state index contributed by atoms with van der Waals surface area (Å²) in [4.78, 5) is 23.5. The number of benzene rings is 1. The minimum absolute atomic E-state index is 0.0858. The van der Waals surface area contributed by atoms with Gasteiger partial charge in [-0.3, -0.25) is 4.79 Å². The maximum absolute atomic E-state index is 12.0. The van der Waals surface area contributed by atoms with Crippen LogP contribution in [-0.4, -0.2) is 30.3 Å². The van der Waals surface area contributed by atoms with Crippen LogP contribution in [0.2, 0.25) is 0 Å². The van der Waals surface area contributed by atoms with E-state index in [1.165, 1.54) is 11.1 Å². The van der Waals surface area contributed by atoms with Crippen molar-refractivity contribution in [1.82, 2.24) is 5.32 Å². The maximum atomic E-state index is 12.0. The normalized spacial score (nSPS) is 16.7. The van der Waals surface area contributed by atoms with E-state index >= 15 is 0 Å². The van der Waals surface area contributed by atoms with E-state index in [9.17, 15) is 9.59 Å². The molecule has 5 nitrogen and oxygen atoms in total. The highest BCUT2D eigenvalue weighted by atomic mass is 16.6. The molecule has 0 heterocycles. The van der Waals surface area contributed by atoms with Crippen LogP contribution in [0.15, 0.2) is 18.2 Å². The monoisotopic (exact) mass is 347 g/mol. The third kappa shape index (κ3) is 6.40. The number of carbonyl (C=O) groups is 2. The van der Waals surface area contributed by atoms with Gasteiger partial charge >= 0.3 is 12.1 Å². The van der Waals surface area contributed by atoms with Crippen molar-refractivity contribution in [2.45, 2.75) is 71.4 Å². The first-order chi connectivity index (χ1) is 11.8. The van der Waals surface area contributed by atoms with E-state index in [4.69, 9.17) is 9.47 Å². The van der Waals surface area contributed by atoms with Crippen LogP contribution in [-0.2, 0) is 33.5 Å². The van der Waals surface area contributed by atoms with Gasteiger partial charge in [0.05, 0.1) is 6.61 Å². The highest BCUT2D eigenvalue weighted by Crippen LogP contribution is 2.23. The summed E-state index contributed by atoms with van der Waals surface area (Å²) in [7, 11) is 0. The van der Waals surface area contributed by atoms with Crippen molar-refractivity contribution in [3.8, 4) is 0 Å². The number of hydrogen-bond donors (Lipinski definition) is 1. The molecule has 0 aliphatic heterocycles. The minimum atomic E-state index is -0.489. The SMILES string of the molecule is CCOC(=O)CCc1ccc2c(c1)C[C@H](NC(=O)OC(C)(C)C)CC2. The molecule has 1 aromatic rings. The predicted molar refractivity (Wildman–Crippen MR) is 96.6 cm³/mol. The van der Waals surface area contributed by atoms with Crippen LogP contribution in [0.1, 0.15) is 57.2 Å². The molecule has 0 spiro atoms. The molecule has 0 saturated heterocycles. The van der Waals surface area contributed by atoms with Crippen LogP contribution in [0.3, 0.4) is 0 Å². The maximum Gasteiger partial charge on any atom is 0.407 e. The number of amides is 1. The third-order valence-electron chi connectivity index (χ3n) is 4.14. The molecular weight excluding hydrogens is 318 g/mol. The lowest BCUT2D eigenvalue weighted by Crippen LogP contribution is -2.41. The quantitative estimate of drug-likeness (QED) is 0.827. The van der Waals surface area contributed by atoms with E-state index in [2.05, 4.69) is 23.5 Å². The molecule has 1 aromatic carbocycles. The number of carbonyl (C=O) groups excluding carboxylic acids is 2. The van der Waals surface area contributed by atoms with Crippen LogP contribution in [0.25, 0.3) is 0 Å². The van der Waals surface area contributed by atoms with Crippen LogP contribution >= 0.6 is 0 Å². The summed E-state index contributed by atoms with van der Waals surface area (Å²) in [6.45, 7) is 7.81. The zero-order chi connectivity index (χ0) is 18.4. The van der Waals surface area contributed by atoms with Crippen molar-refractivity contribution < 1.29 is 19.1 Å². The summed E-state index contributed by atoms with van der Waals surface area (Å²) in [6, 6.07) is 6.46. The largest absolute Gasteiger partial charge is 0.466 e. The van der Waals surface area contributed by atoms with E-state index in [0.29, 0.717) is 19.4 Å². The van der Waals surface area contributed by atoms with Crippen molar-refractivity contribution >= 4 is 12.1 Å². The number of esters is 1. The Morgan fingerprint density at radius 3 is 2.68 bits per heavy atom. The van der Waals surface area contributed by atoms with E-state index < -0.39 is 5.60 Å². The minimum Gasteiger partial charge on any atom is -0.466 e. The molecular formula is C20H29NO4. The molecule has 0 fully saturated rings. The summed E-state index contributed by atoms with van der Waals surface area (Å²) in [6.07, 6.45) is 3.35.